The summed E-state index contributed by atoms with van der Waals surface area (Å²) in [6.07, 6.45) is 0. The molecule has 6 nitrogen and oxygen atoms in total. The van der Waals surface area contributed by atoms with Crippen LogP contribution in [0.1, 0.15) is 20.8 Å². The topological polar surface area (TPSA) is 69.9 Å². The van der Waals surface area contributed by atoms with Gasteiger partial charge in [0.25, 0.3) is 0 Å². The number of hydrogen-bond acceptors (Lipinski definition) is 3. The fourth-order valence-corrected chi connectivity index (χ4v) is 1.97. The lowest BCUT2D eigenvalue weighted by atomic mass is 9.86. The zero-order valence-corrected chi connectivity index (χ0v) is 12.6. The predicted octanol–water partition coefficient (Wildman–Crippen LogP) is 0.186. The van der Waals surface area contributed by atoms with Crippen molar-refractivity contribution in [1.82, 2.24) is 14.7 Å². The van der Waals surface area contributed by atoms with E-state index in [4.69, 9.17) is 5.73 Å². The summed E-state index contributed by atoms with van der Waals surface area (Å²) in [5, 5.41) is 0. The average Bonchev–Trinajstić information content (AvgIpc) is 2.35. The van der Waals surface area contributed by atoms with Crippen molar-refractivity contribution in [3.05, 3.63) is 0 Å². The Morgan fingerprint density at radius 2 is 1.47 bits per heavy atom. The summed E-state index contributed by atoms with van der Waals surface area (Å²) >= 11 is 0. The van der Waals surface area contributed by atoms with E-state index in [1.165, 1.54) is 0 Å². The van der Waals surface area contributed by atoms with E-state index in [9.17, 15) is 9.59 Å². The standard InChI is InChI=1S/C13H26N4O2/c1-13(2,3)10(14)11(18)16-6-8-17(9-7-16)12(19)15(4)5/h10H,6-9,14H2,1-5H3. The summed E-state index contributed by atoms with van der Waals surface area (Å²) in [4.78, 5) is 29.1. The summed E-state index contributed by atoms with van der Waals surface area (Å²) < 4.78 is 0. The first-order valence-corrected chi connectivity index (χ1v) is 6.65. The minimum absolute atomic E-state index is 0.00720. The SMILES string of the molecule is CN(C)C(=O)N1CCN(C(=O)C(N)C(C)(C)C)CC1. The Morgan fingerprint density at radius 1 is 1.05 bits per heavy atom. The van der Waals surface area contributed by atoms with Crippen LogP contribution in [-0.4, -0.2) is 73.0 Å². The van der Waals surface area contributed by atoms with Gasteiger partial charge in [-0.3, -0.25) is 4.79 Å². The first-order valence-electron chi connectivity index (χ1n) is 6.65. The van der Waals surface area contributed by atoms with Crippen LogP contribution in [0, 0.1) is 5.41 Å². The van der Waals surface area contributed by atoms with E-state index in [2.05, 4.69) is 0 Å². The maximum Gasteiger partial charge on any atom is 0.319 e. The first kappa shape index (κ1) is 15.8. The molecule has 110 valence electrons. The predicted molar refractivity (Wildman–Crippen MR) is 74.7 cm³/mol. The van der Waals surface area contributed by atoms with E-state index in [-0.39, 0.29) is 17.4 Å². The van der Waals surface area contributed by atoms with Crippen LogP contribution in [0.4, 0.5) is 4.79 Å². The van der Waals surface area contributed by atoms with Gasteiger partial charge in [0.05, 0.1) is 6.04 Å². The molecule has 0 aliphatic carbocycles. The number of urea groups is 1. The van der Waals surface area contributed by atoms with Crippen LogP contribution in [0.25, 0.3) is 0 Å². The van der Waals surface area contributed by atoms with Crippen LogP contribution < -0.4 is 5.73 Å². The van der Waals surface area contributed by atoms with E-state index in [0.717, 1.165) is 0 Å². The third kappa shape index (κ3) is 3.83. The number of carbonyl (C=O) groups excluding carboxylic acids is 2. The molecule has 1 aliphatic heterocycles. The molecular formula is C13H26N4O2. The molecule has 1 saturated heterocycles. The van der Waals surface area contributed by atoms with Crippen LogP contribution in [0.3, 0.4) is 0 Å². The highest BCUT2D eigenvalue weighted by molar-refractivity contribution is 5.83. The Labute approximate surface area is 115 Å². The molecule has 1 heterocycles. The van der Waals surface area contributed by atoms with Gasteiger partial charge in [0, 0.05) is 40.3 Å². The van der Waals surface area contributed by atoms with E-state index >= 15 is 0 Å². The molecule has 2 N–H and O–H groups in total. The maximum atomic E-state index is 12.2. The maximum absolute atomic E-state index is 12.2. The van der Waals surface area contributed by atoms with Gasteiger partial charge in [0.2, 0.25) is 5.91 Å². The van der Waals surface area contributed by atoms with E-state index in [0.29, 0.717) is 26.2 Å². The van der Waals surface area contributed by atoms with Crippen molar-refractivity contribution in [2.24, 2.45) is 11.1 Å². The van der Waals surface area contributed by atoms with Crippen molar-refractivity contribution in [2.45, 2.75) is 26.8 Å². The number of amides is 3. The molecule has 1 unspecified atom stereocenters. The summed E-state index contributed by atoms with van der Waals surface area (Å²) in [6.45, 7) is 8.13. The van der Waals surface area contributed by atoms with Crippen molar-refractivity contribution in [2.75, 3.05) is 40.3 Å². The minimum atomic E-state index is -0.497. The molecule has 1 rings (SSSR count). The molecule has 3 amide bonds. The molecule has 0 aromatic carbocycles. The number of rotatable bonds is 1. The summed E-state index contributed by atoms with van der Waals surface area (Å²) in [5.41, 5.74) is 5.75. The molecule has 1 aliphatic rings. The molecule has 0 bridgehead atoms. The zero-order valence-electron chi connectivity index (χ0n) is 12.6. The third-order valence-corrected chi connectivity index (χ3v) is 3.44. The van der Waals surface area contributed by atoms with E-state index in [1.807, 2.05) is 20.8 Å². The smallest absolute Gasteiger partial charge is 0.319 e. The van der Waals surface area contributed by atoms with Crippen molar-refractivity contribution < 1.29 is 9.59 Å². The fraction of sp³-hybridized carbons (Fsp3) is 0.846. The molecule has 1 fully saturated rings. The molecule has 0 saturated carbocycles. The average molecular weight is 270 g/mol. The third-order valence-electron chi connectivity index (χ3n) is 3.44. The molecule has 0 aromatic heterocycles. The van der Waals surface area contributed by atoms with Crippen LogP contribution in [0.15, 0.2) is 0 Å². The van der Waals surface area contributed by atoms with Gasteiger partial charge in [-0.2, -0.15) is 0 Å². The molecule has 6 heteroatoms. The second-order valence-electron chi connectivity index (χ2n) is 6.33. The van der Waals surface area contributed by atoms with Gasteiger partial charge >= 0.3 is 6.03 Å². The highest BCUT2D eigenvalue weighted by Crippen LogP contribution is 2.19. The molecule has 0 radical (unpaired) electrons. The van der Waals surface area contributed by atoms with Crippen molar-refractivity contribution in [3.63, 3.8) is 0 Å². The zero-order chi connectivity index (χ0) is 14.8. The van der Waals surface area contributed by atoms with Crippen molar-refractivity contribution in [3.8, 4) is 0 Å². The monoisotopic (exact) mass is 270 g/mol. The van der Waals surface area contributed by atoms with Gasteiger partial charge in [-0.1, -0.05) is 20.8 Å². The largest absolute Gasteiger partial charge is 0.338 e. The molecule has 0 spiro atoms. The van der Waals surface area contributed by atoms with E-state index < -0.39 is 6.04 Å². The fourth-order valence-electron chi connectivity index (χ4n) is 1.97. The van der Waals surface area contributed by atoms with Gasteiger partial charge in [0.15, 0.2) is 0 Å². The Morgan fingerprint density at radius 3 is 1.84 bits per heavy atom. The van der Waals surface area contributed by atoms with Crippen LogP contribution >= 0.6 is 0 Å². The Kier molecular flexibility index (Phi) is 4.79. The number of piperazine rings is 1. The summed E-state index contributed by atoms with van der Waals surface area (Å²) in [6, 6.07) is -0.504. The van der Waals surface area contributed by atoms with Crippen LogP contribution in [-0.2, 0) is 4.79 Å². The normalized spacial score (nSPS) is 18.2. The van der Waals surface area contributed by atoms with Gasteiger partial charge in [-0.15, -0.1) is 0 Å². The molecular weight excluding hydrogens is 244 g/mol. The quantitative estimate of drug-likeness (QED) is 0.739. The number of nitrogens with two attached hydrogens (primary N) is 1. The van der Waals surface area contributed by atoms with Crippen LogP contribution in [0.2, 0.25) is 0 Å². The second kappa shape index (κ2) is 5.77. The summed E-state index contributed by atoms with van der Waals surface area (Å²) in [5.74, 6) is -0.0237. The molecule has 1 atom stereocenters. The minimum Gasteiger partial charge on any atom is -0.338 e. The Bertz CT molecular complexity index is 341. The van der Waals surface area contributed by atoms with Gasteiger partial charge in [-0.25, -0.2) is 4.79 Å². The van der Waals surface area contributed by atoms with Gasteiger partial charge in [0.1, 0.15) is 0 Å². The molecule has 19 heavy (non-hydrogen) atoms. The van der Waals surface area contributed by atoms with Crippen LogP contribution in [0.5, 0.6) is 0 Å². The molecule has 0 aromatic rings. The van der Waals surface area contributed by atoms with Gasteiger partial charge in [-0.05, 0) is 5.41 Å². The Hall–Kier alpha value is -1.30. The highest BCUT2D eigenvalue weighted by Gasteiger charge is 2.33. The van der Waals surface area contributed by atoms with Crippen molar-refractivity contribution in [1.29, 1.82) is 0 Å². The summed E-state index contributed by atoms with van der Waals surface area (Å²) in [7, 11) is 3.46. The van der Waals surface area contributed by atoms with E-state index in [1.54, 1.807) is 28.8 Å². The van der Waals surface area contributed by atoms with Gasteiger partial charge < -0.3 is 20.4 Å². The van der Waals surface area contributed by atoms with Crippen molar-refractivity contribution >= 4 is 11.9 Å². The second-order valence-corrected chi connectivity index (χ2v) is 6.33. The number of nitrogens with zero attached hydrogens (tertiary/aromatic N) is 3. The Balaban J connectivity index is 2.55. The lowest BCUT2D eigenvalue weighted by Gasteiger charge is -2.38. The number of hydrogen-bond donors (Lipinski definition) is 1. The first-order chi connectivity index (χ1) is 8.64. The lowest BCUT2D eigenvalue weighted by Crippen LogP contribution is -2.57. The lowest BCUT2D eigenvalue weighted by molar-refractivity contribution is -0.136. The highest BCUT2D eigenvalue weighted by atomic mass is 16.2. The number of carbonyl (C=O) groups is 2.